The van der Waals surface area contributed by atoms with Crippen molar-refractivity contribution in [1.29, 1.82) is 0 Å². The molecule has 2 fully saturated rings. The van der Waals surface area contributed by atoms with E-state index in [9.17, 15) is 19.8 Å². The second-order valence-electron chi connectivity index (χ2n) is 11.0. The minimum absolute atomic E-state index is 0.0204. The van der Waals surface area contributed by atoms with Crippen LogP contribution >= 0.6 is 11.3 Å². The van der Waals surface area contributed by atoms with E-state index in [1.807, 2.05) is 32.2 Å². The lowest BCUT2D eigenvalue weighted by Crippen LogP contribution is -2.44. The highest BCUT2D eigenvalue weighted by Gasteiger charge is 2.44. The average molecular weight is 508 g/mol. The summed E-state index contributed by atoms with van der Waals surface area (Å²) in [5, 5.41) is 23.9. The van der Waals surface area contributed by atoms with Gasteiger partial charge in [0.2, 0.25) is 0 Å². The Hall–Kier alpha value is -1.61. The van der Waals surface area contributed by atoms with Crippen molar-refractivity contribution in [1.82, 2.24) is 4.98 Å². The van der Waals surface area contributed by atoms with Gasteiger partial charge in [0, 0.05) is 35.7 Å². The lowest BCUT2D eigenvalue weighted by Gasteiger charge is -2.36. The number of hydrogen-bond donors (Lipinski definition) is 2. The predicted octanol–water partition coefficient (Wildman–Crippen LogP) is 4.34. The van der Waals surface area contributed by atoms with Gasteiger partial charge in [0.1, 0.15) is 11.9 Å². The van der Waals surface area contributed by atoms with E-state index < -0.39 is 35.4 Å². The molecule has 2 aliphatic heterocycles. The standard InChI is InChI=1S/C27H41NO6S/c1-15-8-7-9-21-23(33-21)12-22(16(2)10-20-14-35-18(4)28-20)34-24(30)11-19(13-29)27(5,6)26(32)17(3)25(15)31/h10,14-15,17,19,21-23,25,29,31H,7-9,11-13H2,1-6H3/b16-10+/t15-,17+,19?,21+,22-,23-,25-/m0/s1. The van der Waals surface area contributed by atoms with Crippen molar-refractivity contribution < 1.29 is 29.3 Å². The van der Waals surface area contributed by atoms with Gasteiger partial charge in [-0.1, -0.05) is 34.1 Å². The van der Waals surface area contributed by atoms with Crippen LogP contribution in [-0.4, -0.2) is 58.0 Å². The Morgan fingerprint density at radius 2 is 1.97 bits per heavy atom. The van der Waals surface area contributed by atoms with Crippen molar-refractivity contribution in [2.75, 3.05) is 6.61 Å². The molecule has 0 radical (unpaired) electrons. The van der Waals surface area contributed by atoms with Gasteiger partial charge in [0.05, 0.1) is 35.4 Å². The first-order valence-electron chi connectivity index (χ1n) is 12.7. The largest absolute Gasteiger partial charge is 0.458 e. The Balaban J connectivity index is 1.85. The molecule has 3 heterocycles. The molecule has 0 spiro atoms. The Morgan fingerprint density at radius 3 is 2.60 bits per heavy atom. The molecule has 7 atom stereocenters. The minimum Gasteiger partial charge on any atom is -0.458 e. The molecule has 1 unspecified atom stereocenters. The summed E-state index contributed by atoms with van der Waals surface area (Å²) in [5.41, 5.74) is 0.733. The molecule has 0 amide bonds. The first-order chi connectivity index (χ1) is 16.4. The number of esters is 1. The second-order valence-corrected chi connectivity index (χ2v) is 12.0. The minimum atomic E-state index is -0.992. The van der Waals surface area contributed by atoms with Crippen LogP contribution in [-0.2, 0) is 19.1 Å². The summed E-state index contributed by atoms with van der Waals surface area (Å²) in [7, 11) is 0. The molecule has 0 bridgehead atoms. The van der Waals surface area contributed by atoms with Crippen molar-refractivity contribution in [3.05, 3.63) is 21.7 Å². The maximum absolute atomic E-state index is 13.4. The molecule has 35 heavy (non-hydrogen) atoms. The van der Waals surface area contributed by atoms with Crippen LogP contribution in [0, 0.1) is 30.1 Å². The first kappa shape index (κ1) is 28.0. The lowest BCUT2D eigenvalue weighted by molar-refractivity contribution is -0.152. The summed E-state index contributed by atoms with van der Waals surface area (Å²) in [4.78, 5) is 30.9. The van der Waals surface area contributed by atoms with Crippen LogP contribution in [0.2, 0.25) is 0 Å². The first-order valence-corrected chi connectivity index (χ1v) is 13.6. The highest BCUT2D eigenvalue weighted by Crippen LogP contribution is 2.38. The summed E-state index contributed by atoms with van der Waals surface area (Å²) in [5.74, 6) is -1.85. The van der Waals surface area contributed by atoms with E-state index in [4.69, 9.17) is 9.47 Å². The van der Waals surface area contributed by atoms with Crippen LogP contribution in [0.3, 0.4) is 0 Å². The number of carbonyl (C=O) groups excluding carboxylic acids is 2. The zero-order valence-corrected chi connectivity index (χ0v) is 22.6. The molecule has 0 aromatic carbocycles. The molecule has 7 nitrogen and oxygen atoms in total. The SMILES string of the molecule is C/C(=C\c1csc(C)n1)[C@@H]1C[C@@H]2O[C@@H]2CCC[C@H](C)[C@H](O)[C@@H](C)C(=O)C(C)(C)C(CO)CC(=O)O1. The third-order valence-corrected chi connectivity index (χ3v) is 8.67. The molecule has 2 saturated heterocycles. The molecule has 2 aliphatic rings. The number of cyclic esters (lactones) is 1. The van der Waals surface area contributed by atoms with Crippen LogP contribution in [0.5, 0.6) is 0 Å². The molecule has 196 valence electrons. The number of ketones is 1. The van der Waals surface area contributed by atoms with E-state index in [1.54, 1.807) is 32.1 Å². The third kappa shape index (κ3) is 7.00. The van der Waals surface area contributed by atoms with Crippen LogP contribution < -0.4 is 0 Å². The number of hydrogen-bond acceptors (Lipinski definition) is 8. The topological polar surface area (TPSA) is 109 Å². The maximum Gasteiger partial charge on any atom is 0.306 e. The summed E-state index contributed by atoms with van der Waals surface area (Å²) in [6.45, 7) is 10.8. The number of aliphatic hydroxyl groups is 2. The maximum atomic E-state index is 13.4. The number of aromatic nitrogens is 1. The number of ether oxygens (including phenoxy) is 2. The average Bonchev–Trinajstić information content (AvgIpc) is 3.42. The van der Waals surface area contributed by atoms with E-state index in [2.05, 4.69) is 4.98 Å². The van der Waals surface area contributed by atoms with Crippen molar-refractivity contribution in [2.24, 2.45) is 23.2 Å². The number of aliphatic hydroxyl groups excluding tert-OH is 2. The Bertz CT molecular complexity index is 925. The van der Waals surface area contributed by atoms with Gasteiger partial charge >= 0.3 is 5.97 Å². The van der Waals surface area contributed by atoms with Crippen LogP contribution in [0.4, 0.5) is 0 Å². The van der Waals surface area contributed by atoms with E-state index >= 15 is 0 Å². The van der Waals surface area contributed by atoms with Gasteiger partial charge in [0.15, 0.2) is 0 Å². The van der Waals surface area contributed by atoms with Crippen molar-refractivity contribution in [3.63, 3.8) is 0 Å². The molecule has 1 aromatic heterocycles. The Labute approximate surface area is 212 Å². The zero-order valence-electron chi connectivity index (χ0n) is 21.8. The molecule has 3 rings (SSSR count). The normalized spacial score (nSPS) is 35.3. The van der Waals surface area contributed by atoms with Gasteiger partial charge in [-0.05, 0) is 44.3 Å². The van der Waals surface area contributed by atoms with Crippen molar-refractivity contribution >= 4 is 29.2 Å². The van der Waals surface area contributed by atoms with E-state index in [1.165, 1.54) is 0 Å². The summed E-state index contributed by atoms with van der Waals surface area (Å²) in [6, 6.07) is 0. The number of rotatable bonds is 3. The lowest BCUT2D eigenvalue weighted by atomic mass is 9.69. The summed E-state index contributed by atoms with van der Waals surface area (Å²) >= 11 is 1.57. The number of nitrogens with zero attached hydrogens (tertiary/aromatic N) is 1. The highest BCUT2D eigenvalue weighted by atomic mass is 32.1. The van der Waals surface area contributed by atoms with Crippen LogP contribution in [0.15, 0.2) is 11.0 Å². The van der Waals surface area contributed by atoms with Crippen LogP contribution in [0.1, 0.15) is 77.4 Å². The molecule has 2 N–H and O–H groups in total. The summed E-state index contributed by atoms with van der Waals surface area (Å²) < 4.78 is 11.8. The number of epoxide rings is 1. The van der Waals surface area contributed by atoms with Gasteiger partial charge in [-0.3, -0.25) is 9.59 Å². The molecular weight excluding hydrogens is 466 g/mol. The Kier molecular flexibility index (Phi) is 9.29. The van der Waals surface area contributed by atoms with Gasteiger partial charge < -0.3 is 19.7 Å². The van der Waals surface area contributed by atoms with Gasteiger partial charge in [-0.25, -0.2) is 4.98 Å². The Morgan fingerprint density at radius 1 is 1.26 bits per heavy atom. The number of fused-ring (bicyclic) bond motifs is 1. The van der Waals surface area contributed by atoms with E-state index in [0.29, 0.717) is 6.42 Å². The molecule has 8 heteroatoms. The quantitative estimate of drug-likeness (QED) is 0.463. The number of Topliss-reactive ketones (excluding diaryl/α,β-unsaturated/α-hetero) is 1. The van der Waals surface area contributed by atoms with Crippen LogP contribution in [0.25, 0.3) is 6.08 Å². The van der Waals surface area contributed by atoms with E-state index in [0.717, 1.165) is 35.5 Å². The molecular formula is C27H41NO6S. The van der Waals surface area contributed by atoms with Gasteiger partial charge in [0.25, 0.3) is 0 Å². The fourth-order valence-corrected chi connectivity index (χ4v) is 5.72. The molecule has 1 aromatic rings. The number of carbonyl (C=O) groups is 2. The zero-order chi connectivity index (χ0) is 25.9. The predicted molar refractivity (Wildman–Crippen MR) is 136 cm³/mol. The summed E-state index contributed by atoms with van der Waals surface area (Å²) in [6.07, 6.45) is 3.88. The smallest absolute Gasteiger partial charge is 0.306 e. The fourth-order valence-electron chi connectivity index (χ4n) is 5.15. The monoisotopic (exact) mass is 507 g/mol. The van der Waals surface area contributed by atoms with E-state index in [-0.39, 0.29) is 36.9 Å². The molecule has 0 saturated carbocycles. The van der Waals surface area contributed by atoms with Crippen molar-refractivity contribution in [3.8, 4) is 0 Å². The van der Waals surface area contributed by atoms with Gasteiger partial charge in [-0.15, -0.1) is 11.3 Å². The number of thiazole rings is 1. The molecule has 0 aliphatic carbocycles. The highest BCUT2D eigenvalue weighted by molar-refractivity contribution is 7.09. The third-order valence-electron chi connectivity index (χ3n) is 7.87. The second kappa shape index (κ2) is 11.6. The fraction of sp³-hybridized carbons (Fsp3) is 0.741. The van der Waals surface area contributed by atoms with Crippen molar-refractivity contribution in [2.45, 2.75) is 98.1 Å². The number of aryl methyl sites for hydroxylation is 1. The van der Waals surface area contributed by atoms with Gasteiger partial charge in [-0.2, -0.15) is 0 Å².